The molecule has 1 aromatic rings. The second-order valence-corrected chi connectivity index (χ2v) is 5.71. The molecular weight excluding hydrogens is 266 g/mol. The van der Waals surface area contributed by atoms with Crippen LogP contribution in [0.15, 0.2) is 24.3 Å². The molecule has 5 heteroatoms. The van der Waals surface area contributed by atoms with Crippen molar-refractivity contribution in [1.82, 2.24) is 9.80 Å². The molecule has 0 saturated heterocycles. The Morgan fingerprint density at radius 1 is 1.14 bits per heavy atom. The smallest absolute Gasteiger partial charge is 0.225 e. The maximum Gasteiger partial charge on any atom is 0.225 e. The maximum absolute atomic E-state index is 12.3. The summed E-state index contributed by atoms with van der Waals surface area (Å²) in [5, 5.41) is 0. The number of amides is 2. The van der Waals surface area contributed by atoms with Gasteiger partial charge in [-0.15, -0.1) is 0 Å². The number of benzene rings is 1. The van der Waals surface area contributed by atoms with E-state index in [9.17, 15) is 9.59 Å². The zero-order valence-corrected chi connectivity index (χ0v) is 13.3. The van der Waals surface area contributed by atoms with Gasteiger partial charge in [-0.3, -0.25) is 9.59 Å². The Balaban J connectivity index is 2.78. The van der Waals surface area contributed by atoms with Gasteiger partial charge < -0.3 is 15.5 Å². The second kappa shape index (κ2) is 7.67. The third-order valence-corrected chi connectivity index (χ3v) is 3.43. The minimum absolute atomic E-state index is 0.0409. The molecule has 0 aliphatic heterocycles. The van der Waals surface area contributed by atoms with Crippen LogP contribution in [0, 0.1) is 5.92 Å². The number of rotatable bonds is 6. The molecule has 0 aliphatic rings. The van der Waals surface area contributed by atoms with E-state index >= 15 is 0 Å². The number of nitrogens with zero attached hydrogens (tertiary/aromatic N) is 2. The first kappa shape index (κ1) is 17.0. The van der Waals surface area contributed by atoms with Gasteiger partial charge in [-0.05, 0) is 30.5 Å². The predicted molar refractivity (Wildman–Crippen MR) is 84.7 cm³/mol. The van der Waals surface area contributed by atoms with E-state index in [2.05, 4.69) is 0 Å². The van der Waals surface area contributed by atoms with Crippen molar-refractivity contribution in [3.8, 4) is 0 Å². The quantitative estimate of drug-likeness (QED) is 0.805. The standard InChI is InChI=1S/C16H25N3O2/c1-18(2)15(20)9-8-13(16(21)19(3)4)10-12-6-5-7-14(17)11-12/h5-7,11,13H,8-10,17H2,1-4H3. The minimum Gasteiger partial charge on any atom is -0.399 e. The summed E-state index contributed by atoms with van der Waals surface area (Å²) in [5.74, 6) is -0.117. The fraction of sp³-hybridized carbons (Fsp3) is 0.500. The molecular formula is C16H25N3O2. The van der Waals surface area contributed by atoms with Crippen molar-refractivity contribution >= 4 is 17.5 Å². The van der Waals surface area contributed by atoms with E-state index in [0.29, 0.717) is 24.9 Å². The topological polar surface area (TPSA) is 66.6 Å². The second-order valence-electron chi connectivity index (χ2n) is 5.71. The Morgan fingerprint density at radius 2 is 1.81 bits per heavy atom. The molecule has 0 saturated carbocycles. The summed E-state index contributed by atoms with van der Waals surface area (Å²) in [6.07, 6.45) is 1.52. The first-order valence-corrected chi connectivity index (χ1v) is 7.07. The Hall–Kier alpha value is -2.04. The summed E-state index contributed by atoms with van der Waals surface area (Å²) in [4.78, 5) is 27.1. The molecule has 0 aromatic heterocycles. The third-order valence-electron chi connectivity index (χ3n) is 3.43. The van der Waals surface area contributed by atoms with Gasteiger partial charge in [-0.25, -0.2) is 0 Å². The van der Waals surface area contributed by atoms with Crippen LogP contribution in [0.25, 0.3) is 0 Å². The highest BCUT2D eigenvalue weighted by Gasteiger charge is 2.22. The summed E-state index contributed by atoms with van der Waals surface area (Å²) >= 11 is 0. The number of nitrogen functional groups attached to an aromatic ring is 1. The van der Waals surface area contributed by atoms with E-state index in [1.807, 2.05) is 24.3 Å². The molecule has 0 fully saturated rings. The molecule has 5 nitrogen and oxygen atoms in total. The largest absolute Gasteiger partial charge is 0.399 e. The van der Waals surface area contributed by atoms with Crippen LogP contribution >= 0.6 is 0 Å². The van der Waals surface area contributed by atoms with E-state index < -0.39 is 0 Å². The Bertz CT molecular complexity index is 498. The molecule has 2 amide bonds. The highest BCUT2D eigenvalue weighted by molar-refractivity contribution is 5.80. The van der Waals surface area contributed by atoms with Crippen molar-refractivity contribution in [3.63, 3.8) is 0 Å². The van der Waals surface area contributed by atoms with Crippen LogP contribution in [0.4, 0.5) is 5.69 Å². The zero-order chi connectivity index (χ0) is 16.0. The molecule has 1 atom stereocenters. The third kappa shape index (κ3) is 5.45. The average Bonchev–Trinajstić information content (AvgIpc) is 2.42. The lowest BCUT2D eigenvalue weighted by atomic mass is 9.93. The lowest BCUT2D eigenvalue weighted by Gasteiger charge is -2.21. The minimum atomic E-state index is -0.203. The highest BCUT2D eigenvalue weighted by atomic mass is 16.2. The predicted octanol–water partition coefficient (Wildman–Crippen LogP) is 1.38. The number of anilines is 1. The summed E-state index contributed by atoms with van der Waals surface area (Å²) in [6, 6.07) is 7.54. The van der Waals surface area contributed by atoms with E-state index in [0.717, 1.165) is 5.56 Å². The van der Waals surface area contributed by atoms with Crippen molar-refractivity contribution in [1.29, 1.82) is 0 Å². The number of carbonyl (C=O) groups excluding carboxylic acids is 2. The van der Waals surface area contributed by atoms with Crippen LogP contribution < -0.4 is 5.73 Å². The van der Waals surface area contributed by atoms with Crippen LogP contribution in [-0.2, 0) is 16.0 Å². The van der Waals surface area contributed by atoms with Gasteiger partial charge in [0.05, 0.1) is 0 Å². The van der Waals surface area contributed by atoms with Crippen molar-refractivity contribution in [2.75, 3.05) is 33.9 Å². The fourth-order valence-corrected chi connectivity index (χ4v) is 2.20. The van der Waals surface area contributed by atoms with Gasteiger partial charge in [0.15, 0.2) is 0 Å². The molecule has 0 heterocycles. The molecule has 0 spiro atoms. The van der Waals surface area contributed by atoms with Gasteiger partial charge in [-0.2, -0.15) is 0 Å². The molecule has 0 radical (unpaired) electrons. The fourth-order valence-electron chi connectivity index (χ4n) is 2.20. The molecule has 21 heavy (non-hydrogen) atoms. The average molecular weight is 291 g/mol. The highest BCUT2D eigenvalue weighted by Crippen LogP contribution is 2.18. The monoisotopic (exact) mass is 291 g/mol. The van der Waals surface area contributed by atoms with Gasteiger partial charge in [0.25, 0.3) is 0 Å². The Kier molecular flexibility index (Phi) is 6.21. The molecule has 2 N–H and O–H groups in total. The molecule has 1 unspecified atom stereocenters. The first-order chi connectivity index (χ1) is 9.81. The van der Waals surface area contributed by atoms with Crippen LogP contribution in [0.5, 0.6) is 0 Å². The van der Waals surface area contributed by atoms with Gasteiger partial charge in [0.2, 0.25) is 11.8 Å². The molecule has 1 rings (SSSR count). The molecule has 0 bridgehead atoms. The van der Waals surface area contributed by atoms with Gasteiger partial charge in [0.1, 0.15) is 0 Å². The molecule has 1 aromatic carbocycles. The van der Waals surface area contributed by atoms with E-state index in [1.165, 1.54) is 0 Å². The molecule has 0 aliphatic carbocycles. The van der Waals surface area contributed by atoms with Gasteiger partial charge >= 0.3 is 0 Å². The number of nitrogens with two attached hydrogens (primary N) is 1. The van der Waals surface area contributed by atoms with Gasteiger partial charge in [0, 0.05) is 46.2 Å². The zero-order valence-electron chi connectivity index (χ0n) is 13.3. The maximum atomic E-state index is 12.3. The first-order valence-electron chi connectivity index (χ1n) is 7.07. The van der Waals surface area contributed by atoms with Crippen LogP contribution in [0.1, 0.15) is 18.4 Å². The van der Waals surface area contributed by atoms with Crippen molar-refractivity contribution in [3.05, 3.63) is 29.8 Å². The SMILES string of the molecule is CN(C)C(=O)CCC(Cc1cccc(N)c1)C(=O)N(C)C. The summed E-state index contributed by atoms with van der Waals surface area (Å²) < 4.78 is 0. The van der Waals surface area contributed by atoms with E-state index in [-0.39, 0.29) is 17.7 Å². The van der Waals surface area contributed by atoms with Crippen LogP contribution in [0.3, 0.4) is 0 Å². The van der Waals surface area contributed by atoms with E-state index in [4.69, 9.17) is 5.73 Å². The summed E-state index contributed by atoms with van der Waals surface area (Å²) in [5.41, 5.74) is 7.48. The summed E-state index contributed by atoms with van der Waals surface area (Å²) in [6.45, 7) is 0. The normalized spacial score (nSPS) is 11.8. The molecule has 116 valence electrons. The number of hydrogen-bond acceptors (Lipinski definition) is 3. The van der Waals surface area contributed by atoms with Crippen molar-refractivity contribution < 1.29 is 9.59 Å². The number of carbonyl (C=O) groups is 2. The van der Waals surface area contributed by atoms with E-state index in [1.54, 1.807) is 38.0 Å². The lowest BCUT2D eigenvalue weighted by Crippen LogP contribution is -2.32. The van der Waals surface area contributed by atoms with Crippen molar-refractivity contribution in [2.24, 2.45) is 5.92 Å². The van der Waals surface area contributed by atoms with Crippen LogP contribution in [-0.4, -0.2) is 49.8 Å². The summed E-state index contributed by atoms with van der Waals surface area (Å²) in [7, 11) is 6.93. The Labute approximate surface area is 126 Å². The lowest BCUT2D eigenvalue weighted by molar-refractivity contribution is -0.134. The number of hydrogen-bond donors (Lipinski definition) is 1. The van der Waals surface area contributed by atoms with Crippen molar-refractivity contribution in [2.45, 2.75) is 19.3 Å². The van der Waals surface area contributed by atoms with Crippen LogP contribution in [0.2, 0.25) is 0 Å². The van der Waals surface area contributed by atoms with Gasteiger partial charge in [-0.1, -0.05) is 12.1 Å². The Morgan fingerprint density at radius 3 is 2.33 bits per heavy atom.